The molecule has 22 heavy (non-hydrogen) atoms. The Kier molecular flexibility index (Phi) is 3.78. The fourth-order valence-electron chi connectivity index (χ4n) is 4.04. The van der Waals surface area contributed by atoms with Crippen LogP contribution in [0.1, 0.15) is 55.3 Å². The second-order valence-electron chi connectivity index (χ2n) is 6.58. The van der Waals surface area contributed by atoms with Gasteiger partial charge in [-0.2, -0.15) is 0 Å². The number of rotatable bonds is 3. The van der Waals surface area contributed by atoms with E-state index in [0.717, 1.165) is 42.0 Å². The number of aromatic amines is 1. The molecule has 2 aliphatic rings. The molecule has 1 N–H and O–H groups in total. The van der Waals surface area contributed by atoms with Crippen LogP contribution in [0, 0.1) is 0 Å². The van der Waals surface area contributed by atoms with Gasteiger partial charge in [-0.1, -0.05) is 13.3 Å². The number of piperidine rings is 1. The number of hydrogen-bond acceptors (Lipinski definition) is 4. The second-order valence-corrected chi connectivity index (χ2v) is 7.66. The maximum atomic E-state index is 12.5. The SMILES string of the molecule is CC[C@H]1CCCCN1Cc1nc2sc3c(c2c(=O)[nH]1)CCC3. The smallest absolute Gasteiger partial charge is 0.259 e. The molecule has 0 spiro atoms. The highest BCUT2D eigenvalue weighted by Gasteiger charge is 2.24. The van der Waals surface area contributed by atoms with Crippen LogP contribution < -0.4 is 5.56 Å². The molecule has 0 unspecified atom stereocenters. The van der Waals surface area contributed by atoms with Crippen molar-refractivity contribution >= 4 is 21.6 Å². The highest BCUT2D eigenvalue weighted by Crippen LogP contribution is 2.34. The third-order valence-corrected chi connectivity index (χ3v) is 6.38. The minimum atomic E-state index is 0.0736. The molecule has 118 valence electrons. The van der Waals surface area contributed by atoms with Crippen LogP contribution in [-0.2, 0) is 19.4 Å². The van der Waals surface area contributed by atoms with E-state index < -0.39 is 0 Å². The van der Waals surface area contributed by atoms with Gasteiger partial charge in [-0.15, -0.1) is 11.3 Å². The van der Waals surface area contributed by atoms with Gasteiger partial charge >= 0.3 is 0 Å². The molecule has 2 aromatic rings. The van der Waals surface area contributed by atoms with Gasteiger partial charge in [-0.05, 0) is 50.6 Å². The summed E-state index contributed by atoms with van der Waals surface area (Å²) >= 11 is 1.73. The number of likely N-dealkylation sites (tertiary alicyclic amines) is 1. The Hall–Kier alpha value is -1.20. The van der Waals surface area contributed by atoms with E-state index in [2.05, 4.69) is 16.8 Å². The van der Waals surface area contributed by atoms with E-state index in [9.17, 15) is 4.79 Å². The molecule has 0 saturated carbocycles. The van der Waals surface area contributed by atoms with Gasteiger partial charge < -0.3 is 4.98 Å². The number of nitrogens with one attached hydrogen (secondary N) is 1. The summed E-state index contributed by atoms with van der Waals surface area (Å²) in [6.07, 6.45) is 8.39. The summed E-state index contributed by atoms with van der Waals surface area (Å²) in [5.41, 5.74) is 1.34. The number of nitrogens with zero attached hydrogens (tertiary/aromatic N) is 2. The molecule has 2 aromatic heterocycles. The predicted molar refractivity (Wildman–Crippen MR) is 90.6 cm³/mol. The molecule has 0 bridgehead atoms. The third-order valence-electron chi connectivity index (χ3n) is 5.20. The minimum Gasteiger partial charge on any atom is -0.309 e. The summed E-state index contributed by atoms with van der Waals surface area (Å²) < 4.78 is 0. The van der Waals surface area contributed by atoms with Crippen LogP contribution in [0.2, 0.25) is 0 Å². The molecule has 0 amide bonds. The van der Waals surface area contributed by atoms with Crippen molar-refractivity contribution in [2.75, 3.05) is 6.54 Å². The van der Waals surface area contributed by atoms with Crippen molar-refractivity contribution in [2.45, 2.75) is 64.5 Å². The van der Waals surface area contributed by atoms with E-state index in [-0.39, 0.29) is 5.56 Å². The average molecular weight is 317 g/mol. The van der Waals surface area contributed by atoms with E-state index in [1.807, 2.05) is 0 Å². The summed E-state index contributed by atoms with van der Waals surface area (Å²) in [4.78, 5) is 25.2. The van der Waals surface area contributed by atoms with Crippen molar-refractivity contribution in [3.05, 3.63) is 26.6 Å². The number of aromatic nitrogens is 2. The lowest BCUT2D eigenvalue weighted by Gasteiger charge is -2.34. The van der Waals surface area contributed by atoms with E-state index in [1.165, 1.54) is 42.5 Å². The summed E-state index contributed by atoms with van der Waals surface area (Å²) in [7, 11) is 0. The summed E-state index contributed by atoms with van der Waals surface area (Å²) in [5, 5.41) is 0.868. The number of hydrogen-bond donors (Lipinski definition) is 1. The van der Waals surface area contributed by atoms with Crippen molar-refractivity contribution in [1.29, 1.82) is 0 Å². The molecule has 4 nitrogen and oxygen atoms in total. The molecule has 0 radical (unpaired) electrons. The monoisotopic (exact) mass is 317 g/mol. The molecule has 1 atom stereocenters. The first kappa shape index (κ1) is 14.4. The minimum absolute atomic E-state index is 0.0736. The zero-order valence-corrected chi connectivity index (χ0v) is 14.0. The third kappa shape index (κ3) is 2.40. The quantitative estimate of drug-likeness (QED) is 0.945. The fourth-order valence-corrected chi connectivity index (χ4v) is 5.33. The van der Waals surface area contributed by atoms with Crippen molar-refractivity contribution in [2.24, 2.45) is 0 Å². The van der Waals surface area contributed by atoms with E-state index in [0.29, 0.717) is 6.04 Å². The van der Waals surface area contributed by atoms with Gasteiger partial charge in [0.25, 0.3) is 5.56 Å². The standard InChI is InChI=1S/C17H23N3OS/c1-2-11-6-3-4-9-20(11)10-14-18-16(21)15-12-7-5-8-13(12)22-17(15)19-14/h11H,2-10H2,1H3,(H,18,19,21)/t11-/m0/s1. The number of fused-ring (bicyclic) bond motifs is 3. The van der Waals surface area contributed by atoms with Crippen LogP contribution in [0.3, 0.4) is 0 Å². The Morgan fingerprint density at radius 1 is 1.32 bits per heavy atom. The molecular formula is C17H23N3OS. The Labute approximate surface area is 134 Å². The number of H-pyrrole nitrogens is 1. The normalized spacial score (nSPS) is 22.3. The maximum absolute atomic E-state index is 12.5. The topological polar surface area (TPSA) is 49.0 Å². The van der Waals surface area contributed by atoms with Gasteiger partial charge in [0.15, 0.2) is 0 Å². The Bertz CT molecular complexity index is 748. The molecule has 1 aliphatic carbocycles. The fraction of sp³-hybridized carbons (Fsp3) is 0.647. The van der Waals surface area contributed by atoms with Crippen LogP contribution in [0.4, 0.5) is 0 Å². The lowest BCUT2D eigenvalue weighted by molar-refractivity contribution is 0.133. The van der Waals surface area contributed by atoms with Crippen LogP contribution in [0.15, 0.2) is 4.79 Å². The van der Waals surface area contributed by atoms with E-state index in [1.54, 1.807) is 11.3 Å². The lowest BCUT2D eigenvalue weighted by Crippen LogP contribution is -2.39. The lowest BCUT2D eigenvalue weighted by atomic mass is 10.0. The zero-order valence-electron chi connectivity index (χ0n) is 13.2. The first-order chi connectivity index (χ1) is 10.8. The molecule has 4 rings (SSSR count). The average Bonchev–Trinajstić information content (AvgIpc) is 3.08. The Morgan fingerprint density at radius 3 is 3.09 bits per heavy atom. The maximum Gasteiger partial charge on any atom is 0.259 e. The van der Waals surface area contributed by atoms with Gasteiger partial charge in [0.1, 0.15) is 10.7 Å². The van der Waals surface area contributed by atoms with Gasteiger partial charge in [0, 0.05) is 10.9 Å². The number of aryl methyl sites for hydroxylation is 2. The molecule has 5 heteroatoms. The van der Waals surface area contributed by atoms with E-state index in [4.69, 9.17) is 4.98 Å². The van der Waals surface area contributed by atoms with Crippen LogP contribution in [-0.4, -0.2) is 27.5 Å². The molecule has 1 fully saturated rings. The molecule has 3 heterocycles. The zero-order chi connectivity index (χ0) is 15.1. The van der Waals surface area contributed by atoms with Crippen LogP contribution in [0.25, 0.3) is 10.2 Å². The summed E-state index contributed by atoms with van der Waals surface area (Å²) in [6.45, 7) is 4.17. The molecule has 1 aliphatic heterocycles. The van der Waals surface area contributed by atoms with Crippen molar-refractivity contribution in [3.63, 3.8) is 0 Å². The van der Waals surface area contributed by atoms with Crippen molar-refractivity contribution < 1.29 is 0 Å². The van der Waals surface area contributed by atoms with Crippen LogP contribution in [0.5, 0.6) is 0 Å². The molecular weight excluding hydrogens is 294 g/mol. The summed E-state index contributed by atoms with van der Waals surface area (Å²) in [5.74, 6) is 0.845. The number of thiophene rings is 1. The van der Waals surface area contributed by atoms with Gasteiger partial charge in [0.2, 0.25) is 0 Å². The first-order valence-corrected chi connectivity index (χ1v) is 9.35. The predicted octanol–water partition coefficient (Wildman–Crippen LogP) is 3.24. The largest absolute Gasteiger partial charge is 0.309 e. The van der Waals surface area contributed by atoms with E-state index >= 15 is 0 Å². The first-order valence-electron chi connectivity index (χ1n) is 8.53. The highest BCUT2D eigenvalue weighted by molar-refractivity contribution is 7.18. The Balaban J connectivity index is 1.66. The van der Waals surface area contributed by atoms with Crippen LogP contribution >= 0.6 is 11.3 Å². The molecule has 0 aromatic carbocycles. The van der Waals surface area contributed by atoms with Gasteiger partial charge in [-0.3, -0.25) is 9.69 Å². The summed E-state index contributed by atoms with van der Waals surface area (Å²) in [6, 6.07) is 0.642. The Morgan fingerprint density at radius 2 is 2.23 bits per heavy atom. The van der Waals surface area contributed by atoms with Crippen molar-refractivity contribution in [3.8, 4) is 0 Å². The molecule has 1 saturated heterocycles. The van der Waals surface area contributed by atoms with Gasteiger partial charge in [-0.25, -0.2) is 4.98 Å². The highest BCUT2D eigenvalue weighted by atomic mass is 32.1. The van der Waals surface area contributed by atoms with Gasteiger partial charge in [0.05, 0.1) is 11.9 Å². The van der Waals surface area contributed by atoms with Crippen molar-refractivity contribution in [1.82, 2.24) is 14.9 Å². The second kappa shape index (κ2) is 5.78.